The first kappa shape index (κ1) is 19.0. The van der Waals surface area contributed by atoms with E-state index in [9.17, 15) is 14.7 Å². The number of ether oxygens (including phenoxy) is 1. The second-order valence-electron chi connectivity index (χ2n) is 6.12. The highest BCUT2D eigenvalue weighted by Crippen LogP contribution is 2.24. The van der Waals surface area contributed by atoms with Crippen LogP contribution in [0, 0.1) is 11.8 Å². The van der Waals surface area contributed by atoms with Crippen LogP contribution >= 0.6 is 23.2 Å². The molecule has 2 atom stereocenters. The summed E-state index contributed by atoms with van der Waals surface area (Å²) in [6, 6.07) is 3.86. The number of carboxylic acids is 1. The van der Waals surface area contributed by atoms with Crippen molar-refractivity contribution in [1.29, 1.82) is 0 Å². The highest BCUT2D eigenvalue weighted by Gasteiger charge is 2.29. The van der Waals surface area contributed by atoms with Gasteiger partial charge in [0.25, 0.3) is 0 Å². The van der Waals surface area contributed by atoms with Crippen molar-refractivity contribution < 1.29 is 19.4 Å². The Balaban J connectivity index is 2.02. The summed E-state index contributed by atoms with van der Waals surface area (Å²) in [5.74, 6) is -1.37. The maximum atomic E-state index is 12.4. The van der Waals surface area contributed by atoms with E-state index in [2.05, 4.69) is 5.32 Å². The van der Waals surface area contributed by atoms with Gasteiger partial charge in [-0.1, -0.05) is 30.1 Å². The van der Waals surface area contributed by atoms with E-state index in [-0.39, 0.29) is 24.2 Å². The second kappa shape index (κ2) is 8.70. The number of hydrogen-bond acceptors (Lipinski definition) is 3. The summed E-state index contributed by atoms with van der Waals surface area (Å²) in [6.07, 6.45) is 1.76. The summed E-state index contributed by atoms with van der Waals surface area (Å²) >= 11 is 11.9. The van der Waals surface area contributed by atoms with Gasteiger partial charge in [-0.25, -0.2) is 4.79 Å². The van der Waals surface area contributed by atoms with Gasteiger partial charge in [-0.05, 0) is 42.5 Å². The fraction of sp³-hybridized carbons (Fsp3) is 0.529. The van der Waals surface area contributed by atoms with E-state index < -0.39 is 12.0 Å². The minimum Gasteiger partial charge on any atom is -0.480 e. The van der Waals surface area contributed by atoms with E-state index in [0.29, 0.717) is 28.8 Å². The number of carbonyl (C=O) groups excluding carboxylic acids is 1. The second-order valence-corrected chi connectivity index (χ2v) is 6.99. The summed E-state index contributed by atoms with van der Waals surface area (Å²) in [5.41, 5.74) is 0.666. The maximum Gasteiger partial charge on any atom is 0.326 e. The van der Waals surface area contributed by atoms with Gasteiger partial charge in [-0.3, -0.25) is 4.79 Å². The van der Waals surface area contributed by atoms with Crippen molar-refractivity contribution >= 4 is 35.1 Å². The minimum atomic E-state index is -1.08. The van der Waals surface area contributed by atoms with Crippen molar-refractivity contribution in [3.05, 3.63) is 33.8 Å². The van der Waals surface area contributed by atoms with E-state index in [1.807, 2.05) is 6.92 Å². The molecule has 1 aromatic rings. The van der Waals surface area contributed by atoms with Gasteiger partial charge < -0.3 is 15.2 Å². The number of nitrogens with one attached hydrogen (secondary N) is 1. The fourth-order valence-corrected chi connectivity index (χ4v) is 3.47. The topological polar surface area (TPSA) is 75.6 Å². The van der Waals surface area contributed by atoms with Crippen LogP contribution in [-0.4, -0.2) is 36.2 Å². The normalized spacial score (nSPS) is 18.0. The van der Waals surface area contributed by atoms with Crippen molar-refractivity contribution in [2.45, 2.75) is 32.2 Å². The van der Waals surface area contributed by atoms with E-state index >= 15 is 0 Å². The summed E-state index contributed by atoms with van der Waals surface area (Å²) < 4.78 is 5.30. The van der Waals surface area contributed by atoms with Gasteiger partial charge in [-0.15, -0.1) is 0 Å². The third-order valence-electron chi connectivity index (χ3n) is 4.36. The van der Waals surface area contributed by atoms with Crippen molar-refractivity contribution in [3.8, 4) is 0 Å². The third kappa shape index (κ3) is 5.36. The Hall–Kier alpha value is -1.30. The molecule has 1 aliphatic heterocycles. The largest absolute Gasteiger partial charge is 0.480 e. The number of aliphatic carboxylic acids is 1. The summed E-state index contributed by atoms with van der Waals surface area (Å²) in [6.45, 7) is 3.12. The number of halogens is 2. The van der Waals surface area contributed by atoms with Crippen LogP contribution in [0.5, 0.6) is 0 Å². The first-order chi connectivity index (χ1) is 11.4. The molecule has 0 bridgehead atoms. The Morgan fingerprint density at radius 1 is 1.25 bits per heavy atom. The van der Waals surface area contributed by atoms with Gasteiger partial charge in [0, 0.05) is 35.6 Å². The first-order valence-corrected chi connectivity index (χ1v) is 8.68. The van der Waals surface area contributed by atoms with Crippen LogP contribution < -0.4 is 5.32 Å². The smallest absolute Gasteiger partial charge is 0.326 e. The first-order valence-electron chi connectivity index (χ1n) is 7.92. The number of amides is 1. The summed E-state index contributed by atoms with van der Waals surface area (Å²) in [7, 11) is 0. The molecular formula is C17H21Cl2NO4. The van der Waals surface area contributed by atoms with Crippen LogP contribution in [0.3, 0.4) is 0 Å². The molecule has 0 saturated carbocycles. The van der Waals surface area contributed by atoms with Crippen molar-refractivity contribution in [2.24, 2.45) is 11.8 Å². The number of carbonyl (C=O) groups is 2. The molecule has 1 heterocycles. The number of benzene rings is 1. The molecule has 0 spiro atoms. The van der Waals surface area contributed by atoms with Crippen LogP contribution in [0.1, 0.15) is 25.3 Å². The van der Waals surface area contributed by atoms with Crippen LogP contribution in [0.25, 0.3) is 0 Å². The van der Waals surface area contributed by atoms with Crippen LogP contribution in [0.15, 0.2) is 18.2 Å². The van der Waals surface area contributed by atoms with E-state index in [4.69, 9.17) is 27.9 Å². The monoisotopic (exact) mass is 373 g/mol. The Bertz CT molecular complexity index is 582. The SMILES string of the molecule is CC(C(=O)NC(Cc1cc(Cl)cc(Cl)c1)C(=O)O)C1CCOCC1. The maximum absolute atomic E-state index is 12.4. The molecule has 2 N–H and O–H groups in total. The third-order valence-corrected chi connectivity index (χ3v) is 4.80. The molecule has 24 heavy (non-hydrogen) atoms. The number of rotatable bonds is 6. The molecular weight excluding hydrogens is 353 g/mol. The summed E-state index contributed by atoms with van der Waals surface area (Å²) in [5, 5.41) is 12.9. The quantitative estimate of drug-likeness (QED) is 0.802. The Morgan fingerprint density at radius 3 is 2.38 bits per heavy atom. The Labute approximate surface area is 151 Å². The predicted octanol–water partition coefficient (Wildman–Crippen LogP) is 3.17. The zero-order valence-corrected chi connectivity index (χ0v) is 14.9. The van der Waals surface area contributed by atoms with Crippen LogP contribution in [0.4, 0.5) is 0 Å². The molecule has 5 nitrogen and oxygen atoms in total. The van der Waals surface area contributed by atoms with E-state index in [1.54, 1.807) is 18.2 Å². The highest BCUT2D eigenvalue weighted by atomic mass is 35.5. The molecule has 0 radical (unpaired) electrons. The fourth-order valence-electron chi connectivity index (χ4n) is 2.90. The molecule has 0 aromatic heterocycles. The Morgan fingerprint density at radius 2 is 1.83 bits per heavy atom. The standard InChI is InChI=1S/C17H21Cl2NO4/c1-10(12-2-4-24-5-3-12)16(21)20-15(17(22)23)8-11-6-13(18)9-14(19)7-11/h6-7,9-10,12,15H,2-5,8H2,1H3,(H,20,21)(H,22,23). The van der Waals surface area contributed by atoms with Gasteiger partial charge in [0.1, 0.15) is 6.04 Å². The molecule has 0 aliphatic carbocycles. The van der Waals surface area contributed by atoms with Crippen molar-refractivity contribution in [2.75, 3.05) is 13.2 Å². The number of hydrogen-bond donors (Lipinski definition) is 2. The average molecular weight is 374 g/mol. The molecule has 1 aromatic carbocycles. The lowest BCUT2D eigenvalue weighted by atomic mass is 9.86. The van der Waals surface area contributed by atoms with E-state index in [1.165, 1.54) is 0 Å². The average Bonchev–Trinajstić information content (AvgIpc) is 2.53. The Kier molecular flexibility index (Phi) is 6.90. The van der Waals surface area contributed by atoms with Crippen LogP contribution in [0.2, 0.25) is 10.0 Å². The predicted molar refractivity (Wildman–Crippen MR) is 92.4 cm³/mol. The lowest BCUT2D eigenvalue weighted by Gasteiger charge is -2.28. The molecule has 1 fully saturated rings. The molecule has 7 heteroatoms. The molecule has 1 aliphatic rings. The van der Waals surface area contributed by atoms with Gasteiger partial charge in [0.15, 0.2) is 0 Å². The van der Waals surface area contributed by atoms with Crippen LogP contribution in [-0.2, 0) is 20.7 Å². The van der Waals surface area contributed by atoms with E-state index in [0.717, 1.165) is 12.8 Å². The molecule has 2 unspecified atom stereocenters. The lowest BCUT2D eigenvalue weighted by Crippen LogP contribution is -2.46. The molecule has 132 valence electrons. The van der Waals surface area contributed by atoms with Crippen molar-refractivity contribution in [3.63, 3.8) is 0 Å². The van der Waals surface area contributed by atoms with Crippen molar-refractivity contribution in [1.82, 2.24) is 5.32 Å². The zero-order valence-electron chi connectivity index (χ0n) is 13.4. The lowest BCUT2D eigenvalue weighted by molar-refractivity contribution is -0.142. The summed E-state index contributed by atoms with van der Waals surface area (Å²) in [4.78, 5) is 23.9. The molecule has 1 saturated heterocycles. The van der Waals surface area contributed by atoms with Gasteiger partial charge in [-0.2, -0.15) is 0 Å². The zero-order chi connectivity index (χ0) is 17.7. The highest BCUT2D eigenvalue weighted by molar-refractivity contribution is 6.34. The number of carboxylic acid groups (broad SMARTS) is 1. The molecule has 2 rings (SSSR count). The van der Waals surface area contributed by atoms with Gasteiger partial charge in [0.2, 0.25) is 5.91 Å². The van der Waals surface area contributed by atoms with Gasteiger partial charge in [0.05, 0.1) is 0 Å². The van der Waals surface area contributed by atoms with Gasteiger partial charge >= 0.3 is 5.97 Å². The minimum absolute atomic E-state index is 0.127. The molecule has 1 amide bonds.